The van der Waals surface area contributed by atoms with Gasteiger partial charge in [0.2, 0.25) is 15.9 Å². The zero-order chi connectivity index (χ0) is 21.6. The smallest absolute Gasteiger partial charge is 0.248 e. The molecule has 0 aliphatic carbocycles. The zero-order valence-electron chi connectivity index (χ0n) is 16.7. The minimum atomic E-state index is -3.75. The number of aryl methyl sites for hydroxylation is 1. The molecule has 0 fully saturated rings. The Morgan fingerprint density at radius 1 is 1.31 bits per heavy atom. The summed E-state index contributed by atoms with van der Waals surface area (Å²) in [4.78, 5) is 13.0. The zero-order valence-corrected chi connectivity index (χ0v) is 18.3. The summed E-state index contributed by atoms with van der Waals surface area (Å²) in [5, 5.41) is 3.17. The van der Waals surface area contributed by atoms with E-state index in [1.807, 2.05) is 0 Å². The predicted molar refractivity (Wildman–Crippen MR) is 118 cm³/mol. The van der Waals surface area contributed by atoms with Gasteiger partial charge >= 0.3 is 0 Å². The first-order valence-electron chi connectivity index (χ1n) is 9.07. The number of nitrogens with one attached hydrogen (secondary N) is 1. The van der Waals surface area contributed by atoms with Crippen LogP contribution in [0.4, 0.5) is 11.4 Å². The van der Waals surface area contributed by atoms with Gasteiger partial charge in [0.05, 0.1) is 11.9 Å². The monoisotopic (exact) mass is 436 g/mol. The topological polar surface area (TPSA) is 75.7 Å². The maximum absolute atomic E-state index is 13.0. The Morgan fingerprint density at radius 2 is 2.03 bits per heavy atom. The Hall–Kier alpha value is -2.51. The summed E-state index contributed by atoms with van der Waals surface area (Å²) in [5.74, 6) is 0.125. The Kier molecular flexibility index (Phi) is 7.70. The van der Waals surface area contributed by atoms with E-state index in [1.165, 1.54) is 0 Å². The molecule has 156 valence electrons. The standard InChI is InChI=1S/C21H25ClN2O4S/c1-5-12-28-18-9-7-8-17(14-18)23-21(25)19(6-2)24(29(4,26)27)20-13-16(22)11-10-15(20)3/h5,7-11,13-14,19H,1,6,12H2,2-4H3,(H,23,25). The maximum Gasteiger partial charge on any atom is 0.248 e. The summed E-state index contributed by atoms with van der Waals surface area (Å²) in [6, 6.07) is 10.9. The molecule has 2 aromatic rings. The van der Waals surface area contributed by atoms with Gasteiger partial charge in [0, 0.05) is 16.8 Å². The summed E-state index contributed by atoms with van der Waals surface area (Å²) in [6.45, 7) is 7.47. The van der Waals surface area contributed by atoms with Crippen LogP contribution in [0.2, 0.25) is 5.02 Å². The molecular formula is C21H25ClN2O4S. The summed E-state index contributed by atoms with van der Waals surface area (Å²) in [5.41, 5.74) is 1.59. The van der Waals surface area contributed by atoms with Crippen LogP contribution in [0, 0.1) is 6.92 Å². The molecule has 6 nitrogen and oxygen atoms in total. The second kappa shape index (κ2) is 9.80. The van der Waals surface area contributed by atoms with Crippen LogP contribution in [0.25, 0.3) is 0 Å². The van der Waals surface area contributed by atoms with Crippen molar-refractivity contribution in [1.29, 1.82) is 0 Å². The molecule has 0 saturated carbocycles. The van der Waals surface area contributed by atoms with Crippen molar-refractivity contribution in [2.24, 2.45) is 0 Å². The number of anilines is 2. The third kappa shape index (κ3) is 5.98. The van der Waals surface area contributed by atoms with Crippen LogP contribution in [-0.4, -0.2) is 33.2 Å². The van der Waals surface area contributed by atoms with E-state index in [0.29, 0.717) is 34.3 Å². The highest BCUT2D eigenvalue weighted by Crippen LogP contribution is 2.29. The van der Waals surface area contributed by atoms with E-state index >= 15 is 0 Å². The average Bonchev–Trinajstić information content (AvgIpc) is 2.65. The van der Waals surface area contributed by atoms with Gasteiger partial charge in [0.1, 0.15) is 18.4 Å². The van der Waals surface area contributed by atoms with Crippen LogP contribution >= 0.6 is 11.6 Å². The molecule has 0 aliphatic heterocycles. The summed E-state index contributed by atoms with van der Waals surface area (Å²) in [6.07, 6.45) is 2.97. The van der Waals surface area contributed by atoms with Crippen LogP contribution in [0.1, 0.15) is 18.9 Å². The quantitative estimate of drug-likeness (QED) is 0.591. The number of nitrogens with zero attached hydrogens (tertiary/aromatic N) is 1. The maximum atomic E-state index is 13.0. The molecule has 1 N–H and O–H groups in total. The molecule has 0 saturated heterocycles. The van der Waals surface area contributed by atoms with Gasteiger partial charge in [0.25, 0.3) is 0 Å². The van der Waals surface area contributed by atoms with Crippen molar-refractivity contribution in [2.45, 2.75) is 26.3 Å². The molecule has 0 radical (unpaired) electrons. The first kappa shape index (κ1) is 22.8. The molecule has 1 atom stereocenters. The molecule has 0 heterocycles. The number of hydrogen-bond acceptors (Lipinski definition) is 4. The van der Waals surface area contributed by atoms with Crippen molar-refractivity contribution in [3.05, 3.63) is 65.7 Å². The number of carbonyl (C=O) groups is 1. The minimum absolute atomic E-state index is 0.275. The van der Waals surface area contributed by atoms with Crippen molar-refractivity contribution in [1.82, 2.24) is 0 Å². The van der Waals surface area contributed by atoms with Crippen LogP contribution in [-0.2, 0) is 14.8 Å². The summed E-state index contributed by atoms with van der Waals surface area (Å²) >= 11 is 6.08. The van der Waals surface area contributed by atoms with E-state index in [1.54, 1.807) is 62.4 Å². The van der Waals surface area contributed by atoms with Crippen LogP contribution in [0.3, 0.4) is 0 Å². The van der Waals surface area contributed by atoms with Gasteiger partial charge in [-0.05, 0) is 43.2 Å². The highest BCUT2D eigenvalue weighted by atomic mass is 35.5. The number of hydrogen-bond donors (Lipinski definition) is 1. The van der Waals surface area contributed by atoms with Crippen molar-refractivity contribution >= 4 is 38.9 Å². The number of rotatable bonds is 9. The van der Waals surface area contributed by atoms with Gasteiger partial charge < -0.3 is 10.1 Å². The number of amides is 1. The minimum Gasteiger partial charge on any atom is -0.489 e. The summed E-state index contributed by atoms with van der Waals surface area (Å²) in [7, 11) is -3.75. The lowest BCUT2D eigenvalue weighted by Crippen LogP contribution is -2.47. The van der Waals surface area contributed by atoms with E-state index in [2.05, 4.69) is 11.9 Å². The number of sulfonamides is 1. The van der Waals surface area contributed by atoms with E-state index in [4.69, 9.17) is 16.3 Å². The molecule has 1 amide bonds. The Bertz CT molecular complexity index is 992. The van der Waals surface area contributed by atoms with E-state index < -0.39 is 22.0 Å². The van der Waals surface area contributed by atoms with Crippen molar-refractivity contribution < 1.29 is 17.9 Å². The Morgan fingerprint density at radius 3 is 2.66 bits per heavy atom. The molecule has 2 aromatic carbocycles. The first-order valence-corrected chi connectivity index (χ1v) is 11.3. The highest BCUT2D eigenvalue weighted by Gasteiger charge is 2.32. The van der Waals surface area contributed by atoms with Crippen molar-refractivity contribution in [3.63, 3.8) is 0 Å². The van der Waals surface area contributed by atoms with Crippen LogP contribution in [0.15, 0.2) is 55.1 Å². The third-order valence-electron chi connectivity index (χ3n) is 4.21. The second-order valence-electron chi connectivity index (χ2n) is 6.53. The molecule has 29 heavy (non-hydrogen) atoms. The van der Waals surface area contributed by atoms with Crippen molar-refractivity contribution in [3.8, 4) is 5.75 Å². The first-order chi connectivity index (χ1) is 13.7. The van der Waals surface area contributed by atoms with Gasteiger partial charge in [0.15, 0.2) is 0 Å². The number of ether oxygens (including phenoxy) is 1. The average molecular weight is 437 g/mol. The molecule has 8 heteroatoms. The van der Waals surface area contributed by atoms with Gasteiger partial charge in [-0.2, -0.15) is 0 Å². The van der Waals surface area contributed by atoms with E-state index in [-0.39, 0.29) is 6.42 Å². The SMILES string of the molecule is C=CCOc1cccc(NC(=O)C(CC)N(c2cc(Cl)ccc2C)S(C)(=O)=O)c1. The number of carbonyl (C=O) groups excluding carboxylic acids is 1. The molecule has 0 spiro atoms. The second-order valence-corrected chi connectivity index (χ2v) is 8.83. The Balaban J connectivity index is 2.36. The van der Waals surface area contributed by atoms with Gasteiger partial charge in [-0.3, -0.25) is 9.10 Å². The lowest BCUT2D eigenvalue weighted by Gasteiger charge is -2.31. The van der Waals surface area contributed by atoms with Gasteiger partial charge in [-0.25, -0.2) is 8.42 Å². The largest absolute Gasteiger partial charge is 0.489 e. The number of halogens is 1. The lowest BCUT2D eigenvalue weighted by atomic mass is 10.1. The normalized spacial score (nSPS) is 12.1. The number of benzene rings is 2. The van der Waals surface area contributed by atoms with Crippen molar-refractivity contribution in [2.75, 3.05) is 22.5 Å². The van der Waals surface area contributed by atoms with E-state index in [0.717, 1.165) is 10.6 Å². The fraction of sp³-hybridized carbons (Fsp3) is 0.286. The third-order valence-corrected chi connectivity index (χ3v) is 5.61. The molecule has 0 aliphatic rings. The highest BCUT2D eigenvalue weighted by molar-refractivity contribution is 7.92. The lowest BCUT2D eigenvalue weighted by molar-refractivity contribution is -0.117. The van der Waals surface area contributed by atoms with Gasteiger partial charge in [-0.1, -0.05) is 43.3 Å². The van der Waals surface area contributed by atoms with Crippen LogP contribution < -0.4 is 14.4 Å². The molecule has 1 unspecified atom stereocenters. The predicted octanol–water partition coefficient (Wildman–Crippen LogP) is 4.40. The molecule has 0 aromatic heterocycles. The molecular weight excluding hydrogens is 412 g/mol. The summed E-state index contributed by atoms with van der Waals surface area (Å²) < 4.78 is 31.8. The van der Waals surface area contributed by atoms with Crippen LogP contribution in [0.5, 0.6) is 5.75 Å². The fourth-order valence-corrected chi connectivity index (χ4v) is 4.33. The molecule has 2 rings (SSSR count). The Labute approximate surface area is 177 Å². The fourth-order valence-electron chi connectivity index (χ4n) is 2.90. The van der Waals surface area contributed by atoms with Gasteiger partial charge in [-0.15, -0.1) is 0 Å². The van der Waals surface area contributed by atoms with E-state index in [9.17, 15) is 13.2 Å². The molecule has 0 bridgehead atoms.